The molecule has 5 unspecified atom stereocenters. The van der Waals surface area contributed by atoms with Crippen molar-refractivity contribution >= 4 is 23.7 Å². The van der Waals surface area contributed by atoms with Crippen LogP contribution in [0.25, 0.3) is 0 Å². The maximum Gasteiger partial charge on any atom is 0.328 e. The number of cyclic esters (lactones) is 1. The number of carbonyl (C=O) groups is 4. The highest BCUT2D eigenvalue weighted by Crippen LogP contribution is 2.21. The molecule has 5 atom stereocenters. The average molecular weight is 516 g/mol. The Morgan fingerprint density at radius 3 is 2.24 bits per heavy atom. The lowest BCUT2D eigenvalue weighted by molar-refractivity contribution is -0.157. The number of rotatable bonds is 10. The summed E-state index contributed by atoms with van der Waals surface area (Å²) in [5.74, 6) is -1.74. The van der Waals surface area contributed by atoms with Crippen LogP contribution >= 0.6 is 0 Å². The molecule has 0 aromatic heterocycles. The van der Waals surface area contributed by atoms with Gasteiger partial charge in [-0.1, -0.05) is 83.7 Å². The number of benzene rings is 1. The second kappa shape index (κ2) is 15.4. The normalized spacial score (nSPS) is 24.6. The fraction of sp³-hybridized carbons (Fsp3) is 0.655. The lowest BCUT2D eigenvalue weighted by Crippen LogP contribution is -2.55. The van der Waals surface area contributed by atoms with Gasteiger partial charge in [0.05, 0.1) is 6.42 Å². The van der Waals surface area contributed by atoms with Crippen LogP contribution in [-0.2, 0) is 30.3 Å². The van der Waals surface area contributed by atoms with Crippen LogP contribution in [0.5, 0.6) is 0 Å². The van der Waals surface area contributed by atoms with Gasteiger partial charge in [0, 0.05) is 6.42 Å². The Morgan fingerprint density at radius 2 is 1.59 bits per heavy atom. The number of ether oxygens (including phenoxy) is 1. The smallest absolute Gasteiger partial charge is 0.328 e. The molecule has 37 heavy (non-hydrogen) atoms. The quantitative estimate of drug-likeness (QED) is 0.325. The van der Waals surface area contributed by atoms with E-state index in [2.05, 4.69) is 22.9 Å². The average Bonchev–Trinajstić information content (AvgIpc) is 2.85. The molecular formula is C29H45N3O5. The van der Waals surface area contributed by atoms with Crippen molar-refractivity contribution in [1.82, 2.24) is 16.0 Å². The lowest BCUT2D eigenvalue weighted by atomic mass is 9.94. The van der Waals surface area contributed by atoms with Crippen molar-refractivity contribution in [1.29, 1.82) is 0 Å². The Balaban J connectivity index is 2.32. The first kappa shape index (κ1) is 30.3. The van der Waals surface area contributed by atoms with E-state index in [1.54, 1.807) is 6.92 Å². The zero-order chi connectivity index (χ0) is 27.4. The highest BCUT2D eigenvalue weighted by molar-refractivity contribution is 5.94. The Kier molecular flexibility index (Phi) is 12.6. The van der Waals surface area contributed by atoms with Crippen LogP contribution in [0.2, 0.25) is 0 Å². The van der Waals surface area contributed by atoms with Crippen LogP contribution in [0, 0.1) is 11.8 Å². The van der Waals surface area contributed by atoms with Crippen LogP contribution in [0.15, 0.2) is 30.3 Å². The van der Waals surface area contributed by atoms with Crippen molar-refractivity contribution in [3.63, 3.8) is 0 Å². The molecule has 3 N–H and O–H groups in total. The molecule has 0 radical (unpaired) electrons. The second-order valence-electron chi connectivity index (χ2n) is 10.7. The summed E-state index contributed by atoms with van der Waals surface area (Å²) in [5.41, 5.74) is 0.883. The zero-order valence-electron chi connectivity index (χ0n) is 23.0. The third-order valence-electron chi connectivity index (χ3n) is 6.80. The number of hydrogen-bond donors (Lipinski definition) is 3. The number of hydrogen-bond acceptors (Lipinski definition) is 5. The minimum Gasteiger partial charge on any atom is -0.460 e. The van der Waals surface area contributed by atoms with Crippen molar-refractivity contribution in [2.45, 2.75) is 110 Å². The van der Waals surface area contributed by atoms with Gasteiger partial charge in [-0.15, -0.1) is 0 Å². The largest absolute Gasteiger partial charge is 0.460 e. The Labute approximate surface area is 221 Å². The predicted octanol–water partition coefficient (Wildman–Crippen LogP) is 3.67. The Bertz CT molecular complexity index is 889. The molecule has 1 aromatic carbocycles. The van der Waals surface area contributed by atoms with Gasteiger partial charge in [-0.2, -0.15) is 0 Å². The van der Waals surface area contributed by atoms with Crippen LogP contribution in [0.4, 0.5) is 0 Å². The van der Waals surface area contributed by atoms with Gasteiger partial charge in [-0.3, -0.25) is 14.4 Å². The fourth-order valence-electron chi connectivity index (χ4n) is 4.53. The summed E-state index contributed by atoms with van der Waals surface area (Å²) in [4.78, 5) is 52.5. The van der Waals surface area contributed by atoms with Gasteiger partial charge in [-0.05, 0) is 37.2 Å². The maximum atomic E-state index is 13.2. The second-order valence-corrected chi connectivity index (χ2v) is 10.7. The minimum absolute atomic E-state index is 0.0445. The number of nitrogens with one attached hydrogen (secondary N) is 3. The molecule has 3 amide bonds. The van der Waals surface area contributed by atoms with Crippen molar-refractivity contribution in [3.8, 4) is 0 Å². The van der Waals surface area contributed by atoms with Crippen molar-refractivity contribution < 1.29 is 23.9 Å². The molecule has 0 spiro atoms. The predicted molar refractivity (Wildman–Crippen MR) is 143 cm³/mol. The van der Waals surface area contributed by atoms with Gasteiger partial charge in [0.15, 0.2) is 0 Å². The molecule has 1 aromatic rings. The van der Waals surface area contributed by atoms with E-state index in [4.69, 9.17) is 4.74 Å². The molecule has 0 aliphatic carbocycles. The Morgan fingerprint density at radius 1 is 0.892 bits per heavy atom. The molecule has 1 aliphatic rings. The zero-order valence-corrected chi connectivity index (χ0v) is 23.0. The van der Waals surface area contributed by atoms with Crippen LogP contribution < -0.4 is 16.0 Å². The highest BCUT2D eigenvalue weighted by Gasteiger charge is 2.33. The molecule has 1 heterocycles. The minimum atomic E-state index is -0.890. The molecule has 206 valence electrons. The molecular weight excluding hydrogens is 470 g/mol. The highest BCUT2D eigenvalue weighted by atomic mass is 16.5. The van der Waals surface area contributed by atoms with E-state index in [0.29, 0.717) is 6.42 Å². The summed E-state index contributed by atoms with van der Waals surface area (Å²) in [6.45, 7) is 9.62. The van der Waals surface area contributed by atoms with Gasteiger partial charge in [0.25, 0.3) is 0 Å². The fourth-order valence-corrected chi connectivity index (χ4v) is 4.53. The van der Waals surface area contributed by atoms with Gasteiger partial charge in [0.1, 0.15) is 24.2 Å². The summed E-state index contributed by atoms with van der Waals surface area (Å²) < 4.78 is 5.91. The molecule has 1 fully saturated rings. The maximum absolute atomic E-state index is 13.2. The molecule has 8 nitrogen and oxygen atoms in total. The SMILES string of the molecule is CCCCCCC(C)C1CC(=O)NC(Cc2ccccc2)C(=O)NC(C)C(=O)NC(CC(C)C)C(=O)O1. The first-order valence-electron chi connectivity index (χ1n) is 13.7. The molecule has 1 aliphatic heterocycles. The molecule has 0 bridgehead atoms. The number of carbonyl (C=O) groups excluding carboxylic acids is 4. The molecule has 0 saturated carbocycles. The first-order valence-corrected chi connectivity index (χ1v) is 13.7. The monoisotopic (exact) mass is 515 g/mol. The number of amides is 3. The summed E-state index contributed by atoms with van der Waals surface area (Å²) in [6, 6.07) is 6.78. The summed E-state index contributed by atoms with van der Waals surface area (Å²) in [6.07, 6.45) is 5.10. The standard InChI is InChI=1S/C29H45N3O5/c1-6-7-8-10-13-20(4)25-18-26(33)31-23(17-22-14-11-9-12-15-22)28(35)30-21(5)27(34)32-24(16-19(2)3)29(36)37-25/h9,11-12,14-15,19-21,23-25H,6-8,10,13,16-18H2,1-5H3,(H,30,35)(H,31,33)(H,32,34). The summed E-state index contributed by atoms with van der Waals surface area (Å²) in [5, 5.41) is 8.31. The molecule has 2 rings (SSSR count). The van der Waals surface area contributed by atoms with E-state index in [1.165, 1.54) is 0 Å². The van der Waals surface area contributed by atoms with E-state index in [9.17, 15) is 19.2 Å². The topological polar surface area (TPSA) is 114 Å². The summed E-state index contributed by atoms with van der Waals surface area (Å²) >= 11 is 0. The molecule has 8 heteroatoms. The van der Waals surface area contributed by atoms with E-state index in [0.717, 1.165) is 37.7 Å². The van der Waals surface area contributed by atoms with Crippen LogP contribution in [-0.4, -0.2) is 47.9 Å². The van der Waals surface area contributed by atoms with Crippen molar-refractivity contribution in [2.75, 3.05) is 0 Å². The van der Waals surface area contributed by atoms with E-state index < -0.39 is 42.0 Å². The lowest BCUT2D eigenvalue weighted by Gasteiger charge is -2.27. The van der Waals surface area contributed by atoms with Crippen LogP contribution in [0.1, 0.15) is 85.1 Å². The van der Waals surface area contributed by atoms with Crippen molar-refractivity contribution in [2.24, 2.45) is 11.8 Å². The third kappa shape index (κ3) is 10.5. The molecule has 1 saturated heterocycles. The third-order valence-corrected chi connectivity index (χ3v) is 6.80. The van der Waals surface area contributed by atoms with E-state index in [1.807, 2.05) is 51.1 Å². The first-order chi connectivity index (χ1) is 17.6. The number of esters is 1. The van der Waals surface area contributed by atoms with Gasteiger partial charge >= 0.3 is 5.97 Å². The van der Waals surface area contributed by atoms with Gasteiger partial charge in [0.2, 0.25) is 17.7 Å². The number of unbranched alkanes of at least 4 members (excludes halogenated alkanes) is 3. The van der Waals surface area contributed by atoms with Gasteiger partial charge in [-0.25, -0.2) is 4.79 Å². The van der Waals surface area contributed by atoms with Crippen LogP contribution in [0.3, 0.4) is 0 Å². The van der Waals surface area contributed by atoms with Gasteiger partial charge < -0.3 is 20.7 Å². The Hall–Kier alpha value is -2.90. The van der Waals surface area contributed by atoms with E-state index in [-0.39, 0.29) is 30.6 Å². The van der Waals surface area contributed by atoms with E-state index >= 15 is 0 Å². The summed E-state index contributed by atoms with van der Waals surface area (Å²) in [7, 11) is 0. The van der Waals surface area contributed by atoms with Crippen molar-refractivity contribution in [3.05, 3.63) is 35.9 Å².